The van der Waals surface area contributed by atoms with E-state index in [1.807, 2.05) is 0 Å². The lowest BCUT2D eigenvalue weighted by Gasteiger charge is -2.20. The van der Waals surface area contributed by atoms with Crippen LogP contribution >= 0.6 is 0 Å². The zero-order chi connectivity index (χ0) is 16.2. The highest BCUT2D eigenvalue weighted by atomic mass is 15.2. The summed E-state index contributed by atoms with van der Waals surface area (Å²) in [7, 11) is 0. The number of guanidine groups is 1. The molecule has 0 atom stereocenters. The molecule has 0 saturated heterocycles. The Morgan fingerprint density at radius 1 is 1.00 bits per heavy atom. The summed E-state index contributed by atoms with van der Waals surface area (Å²) < 4.78 is 0. The van der Waals surface area contributed by atoms with E-state index in [1.54, 1.807) is 0 Å². The highest BCUT2D eigenvalue weighted by molar-refractivity contribution is 5.79. The Bertz CT molecular complexity index is 438. The van der Waals surface area contributed by atoms with Gasteiger partial charge in [0.1, 0.15) is 0 Å². The van der Waals surface area contributed by atoms with E-state index < -0.39 is 0 Å². The Hall–Kier alpha value is -1.55. The van der Waals surface area contributed by atoms with Crippen LogP contribution in [0, 0.1) is 0 Å². The number of rotatable bonds is 9. The third kappa shape index (κ3) is 6.48. The molecule has 0 aromatic heterocycles. The smallest absolute Gasteiger partial charge is 0.191 e. The van der Waals surface area contributed by atoms with Crippen molar-refractivity contribution in [3.8, 4) is 0 Å². The van der Waals surface area contributed by atoms with Gasteiger partial charge in [-0.05, 0) is 37.6 Å². The first kappa shape index (κ1) is 18.5. The van der Waals surface area contributed by atoms with Crippen LogP contribution in [0.3, 0.4) is 0 Å². The van der Waals surface area contributed by atoms with Gasteiger partial charge in [0.25, 0.3) is 0 Å². The summed E-state index contributed by atoms with van der Waals surface area (Å²) in [5.74, 6) is 0.905. The molecule has 4 nitrogen and oxygen atoms in total. The lowest BCUT2D eigenvalue weighted by Crippen LogP contribution is -2.37. The monoisotopic (exact) mass is 304 g/mol. The Kier molecular flexibility index (Phi) is 9.31. The number of hydrogen-bond donors (Lipinski definition) is 2. The van der Waals surface area contributed by atoms with Crippen molar-refractivity contribution in [2.24, 2.45) is 4.99 Å². The molecule has 0 unspecified atom stereocenters. The molecule has 22 heavy (non-hydrogen) atoms. The molecule has 0 spiro atoms. The second kappa shape index (κ2) is 11.1. The lowest BCUT2D eigenvalue weighted by atomic mass is 10.1. The van der Waals surface area contributed by atoms with Gasteiger partial charge in [-0.15, -0.1) is 0 Å². The number of nitrogens with zero attached hydrogens (tertiary/aromatic N) is 2. The van der Waals surface area contributed by atoms with Crippen molar-refractivity contribution >= 4 is 5.96 Å². The molecule has 2 N–H and O–H groups in total. The van der Waals surface area contributed by atoms with Crippen molar-refractivity contribution in [2.45, 2.75) is 47.2 Å². The predicted molar refractivity (Wildman–Crippen MR) is 96.2 cm³/mol. The third-order valence-electron chi connectivity index (χ3n) is 3.70. The van der Waals surface area contributed by atoms with E-state index in [-0.39, 0.29) is 0 Å². The Morgan fingerprint density at radius 3 is 2.27 bits per heavy atom. The van der Waals surface area contributed by atoms with Gasteiger partial charge in [-0.2, -0.15) is 0 Å². The highest BCUT2D eigenvalue weighted by Crippen LogP contribution is 2.13. The Morgan fingerprint density at radius 2 is 1.68 bits per heavy atom. The summed E-state index contributed by atoms with van der Waals surface area (Å²) in [4.78, 5) is 7.15. The van der Waals surface area contributed by atoms with Crippen molar-refractivity contribution < 1.29 is 0 Å². The molecule has 0 aliphatic carbocycles. The minimum absolute atomic E-state index is 0.719. The van der Waals surface area contributed by atoms with E-state index in [0.717, 1.165) is 51.6 Å². The average Bonchev–Trinajstić information content (AvgIpc) is 2.56. The minimum atomic E-state index is 0.719. The van der Waals surface area contributed by atoms with Crippen LogP contribution in [0.15, 0.2) is 29.3 Å². The standard InChI is InChI=1S/C18H32N4/c1-5-13-20-18(19-6-2)21-14-16-11-9-10-12-17(16)15-22(7-3)8-4/h9-12H,5-8,13-15H2,1-4H3,(H2,19,20,21). The van der Waals surface area contributed by atoms with E-state index in [4.69, 9.17) is 4.99 Å². The summed E-state index contributed by atoms with van der Waals surface area (Å²) in [6.07, 6.45) is 1.10. The van der Waals surface area contributed by atoms with Gasteiger partial charge < -0.3 is 10.6 Å². The molecule has 0 aliphatic rings. The molecule has 0 amide bonds. The molecule has 4 heteroatoms. The first-order chi connectivity index (χ1) is 10.7. The molecule has 1 aromatic rings. The molecular formula is C18H32N4. The maximum Gasteiger partial charge on any atom is 0.191 e. The van der Waals surface area contributed by atoms with Crippen LogP contribution in [0.4, 0.5) is 0 Å². The van der Waals surface area contributed by atoms with E-state index >= 15 is 0 Å². The van der Waals surface area contributed by atoms with Gasteiger partial charge in [-0.25, -0.2) is 4.99 Å². The topological polar surface area (TPSA) is 39.7 Å². The summed E-state index contributed by atoms with van der Waals surface area (Å²) in [5.41, 5.74) is 2.68. The highest BCUT2D eigenvalue weighted by Gasteiger charge is 2.06. The van der Waals surface area contributed by atoms with E-state index in [0.29, 0.717) is 0 Å². The summed E-state index contributed by atoms with van der Waals surface area (Å²) >= 11 is 0. The van der Waals surface area contributed by atoms with Gasteiger partial charge in [0.2, 0.25) is 0 Å². The van der Waals surface area contributed by atoms with Crippen molar-refractivity contribution in [3.05, 3.63) is 35.4 Å². The maximum atomic E-state index is 4.72. The zero-order valence-corrected chi connectivity index (χ0v) is 14.7. The van der Waals surface area contributed by atoms with Crippen molar-refractivity contribution in [1.82, 2.24) is 15.5 Å². The number of hydrogen-bond acceptors (Lipinski definition) is 2. The van der Waals surface area contributed by atoms with Gasteiger partial charge in [0.15, 0.2) is 5.96 Å². The molecule has 0 radical (unpaired) electrons. The SMILES string of the molecule is CCCNC(=NCc1ccccc1CN(CC)CC)NCC. The van der Waals surface area contributed by atoms with E-state index in [2.05, 4.69) is 67.5 Å². The van der Waals surface area contributed by atoms with Crippen LogP contribution < -0.4 is 10.6 Å². The number of aliphatic imine (C=N–C) groups is 1. The van der Waals surface area contributed by atoms with Gasteiger partial charge in [-0.3, -0.25) is 4.90 Å². The predicted octanol–water partition coefficient (Wildman–Crippen LogP) is 2.99. The minimum Gasteiger partial charge on any atom is -0.357 e. The van der Waals surface area contributed by atoms with Crippen LogP contribution in [0.2, 0.25) is 0 Å². The molecule has 0 fully saturated rings. The Labute approximate surface area is 136 Å². The quantitative estimate of drug-likeness (QED) is 0.544. The van der Waals surface area contributed by atoms with Crippen molar-refractivity contribution in [3.63, 3.8) is 0 Å². The number of benzene rings is 1. The van der Waals surface area contributed by atoms with Gasteiger partial charge in [0.05, 0.1) is 6.54 Å². The first-order valence-electron chi connectivity index (χ1n) is 8.56. The second-order valence-corrected chi connectivity index (χ2v) is 5.35. The van der Waals surface area contributed by atoms with Gasteiger partial charge >= 0.3 is 0 Å². The fourth-order valence-corrected chi connectivity index (χ4v) is 2.30. The second-order valence-electron chi connectivity index (χ2n) is 5.35. The molecule has 0 aliphatic heterocycles. The normalized spacial score (nSPS) is 11.8. The zero-order valence-electron chi connectivity index (χ0n) is 14.7. The van der Waals surface area contributed by atoms with Gasteiger partial charge in [-0.1, -0.05) is 45.0 Å². The molecule has 0 bridgehead atoms. The lowest BCUT2D eigenvalue weighted by molar-refractivity contribution is 0.295. The van der Waals surface area contributed by atoms with Crippen LogP contribution in [0.5, 0.6) is 0 Å². The van der Waals surface area contributed by atoms with Crippen molar-refractivity contribution in [2.75, 3.05) is 26.2 Å². The molecular weight excluding hydrogens is 272 g/mol. The largest absolute Gasteiger partial charge is 0.357 e. The molecule has 124 valence electrons. The molecule has 0 saturated carbocycles. The third-order valence-corrected chi connectivity index (χ3v) is 3.70. The molecule has 1 aromatic carbocycles. The number of nitrogens with one attached hydrogen (secondary N) is 2. The fourth-order valence-electron chi connectivity index (χ4n) is 2.30. The van der Waals surface area contributed by atoms with Crippen LogP contribution in [-0.4, -0.2) is 37.0 Å². The van der Waals surface area contributed by atoms with Crippen LogP contribution in [-0.2, 0) is 13.1 Å². The van der Waals surface area contributed by atoms with Crippen LogP contribution in [0.25, 0.3) is 0 Å². The maximum absolute atomic E-state index is 4.72. The summed E-state index contributed by atoms with van der Waals surface area (Å²) in [5, 5.41) is 6.65. The van der Waals surface area contributed by atoms with E-state index in [9.17, 15) is 0 Å². The molecule has 0 heterocycles. The van der Waals surface area contributed by atoms with Crippen molar-refractivity contribution in [1.29, 1.82) is 0 Å². The summed E-state index contributed by atoms with van der Waals surface area (Å²) in [6, 6.07) is 8.62. The molecule has 1 rings (SSSR count). The average molecular weight is 304 g/mol. The van der Waals surface area contributed by atoms with Crippen LogP contribution in [0.1, 0.15) is 45.2 Å². The summed E-state index contributed by atoms with van der Waals surface area (Å²) in [6.45, 7) is 14.4. The Balaban J connectivity index is 2.78. The van der Waals surface area contributed by atoms with Gasteiger partial charge in [0, 0.05) is 19.6 Å². The first-order valence-corrected chi connectivity index (χ1v) is 8.56. The fraction of sp³-hybridized carbons (Fsp3) is 0.611. The van der Waals surface area contributed by atoms with E-state index in [1.165, 1.54) is 11.1 Å².